The normalized spacial score (nSPS) is 15.0. The van der Waals surface area contributed by atoms with Crippen LogP contribution in [0.15, 0.2) is 39.6 Å². The maximum absolute atomic E-state index is 13.4. The second kappa shape index (κ2) is 9.43. The summed E-state index contributed by atoms with van der Waals surface area (Å²) >= 11 is 0. The van der Waals surface area contributed by atoms with Gasteiger partial charge < -0.3 is 9.42 Å². The predicted molar refractivity (Wildman–Crippen MR) is 118 cm³/mol. The van der Waals surface area contributed by atoms with E-state index in [0.717, 1.165) is 43.8 Å². The van der Waals surface area contributed by atoms with Crippen LogP contribution in [0.1, 0.15) is 48.1 Å². The summed E-state index contributed by atoms with van der Waals surface area (Å²) in [5.41, 5.74) is 1.11. The molecule has 0 N–H and O–H groups in total. The summed E-state index contributed by atoms with van der Waals surface area (Å²) < 4.78 is 6.77. The van der Waals surface area contributed by atoms with Gasteiger partial charge in [0.15, 0.2) is 11.5 Å². The number of carbonyl (C=O) groups excluding carboxylic acids is 1. The molecule has 1 fully saturated rings. The highest BCUT2D eigenvalue weighted by Crippen LogP contribution is 2.17. The Kier molecular flexibility index (Phi) is 6.46. The summed E-state index contributed by atoms with van der Waals surface area (Å²) in [5.74, 6) is 0.722. The van der Waals surface area contributed by atoms with Gasteiger partial charge in [-0.3, -0.25) is 14.5 Å². The van der Waals surface area contributed by atoms with Gasteiger partial charge in [0.1, 0.15) is 0 Å². The first-order chi connectivity index (χ1) is 15.1. The molecule has 0 aliphatic carbocycles. The number of hydrogen-bond donors (Lipinski definition) is 0. The fourth-order valence-electron chi connectivity index (χ4n) is 4.03. The van der Waals surface area contributed by atoms with Crippen molar-refractivity contribution in [2.45, 2.75) is 46.2 Å². The molecule has 3 aromatic rings. The molecule has 164 valence electrons. The molecule has 1 amide bonds. The minimum absolute atomic E-state index is 0.115. The number of carbonyl (C=O) groups is 1. The number of unbranched alkanes of at least 4 members (excludes halogenated alkanes) is 2. The lowest BCUT2D eigenvalue weighted by atomic mass is 10.1. The van der Waals surface area contributed by atoms with Gasteiger partial charge in [-0.15, -0.1) is 0 Å². The number of benzene rings is 1. The monoisotopic (exact) mass is 423 g/mol. The second-order valence-corrected chi connectivity index (χ2v) is 8.13. The summed E-state index contributed by atoms with van der Waals surface area (Å²) in [6.45, 7) is 7.96. The van der Waals surface area contributed by atoms with E-state index in [1.54, 1.807) is 6.07 Å². The molecule has 1 aliphatic heterocycles. The first kappa shape index (κ1) is 21.2. The number of aromatic nitrogens is 3. The smallest absolute Gasteiger partial charge is 0.275 e. The zero-order valence-corrected chi connectivity index (χ0v) is 18.2. The zero-order chi connectivity index (χ0) is 21.8. The third kappa shape index (κ3) is 4.69. The van der Waals surface area contributed by atoms with Crippen molar-refractivity contribution in [1.82, 2.24) is 24.7 Å². The van der Waals surface area contributed by atoms with Crippen LogP contribution in [0.2, 0.25) is 0 Å². The number of fused-ring (bicyclic) bond motifs is 1. The van der Waals surface area contributed by atoms with E-state index in [9.17, 15) is 9.59 Å². The van der Waals surface area contributed by atoms with Crippen LogP contribution in [0.4, 0.5) is 0 Å². The third-order valence-electron chi connectivity index (χ3n) is 5.76. The van der Waals surface area contributed by atoms with Crippen LogP contribution in [0, 0.1) is 6.92 Å². The van der Waals surface area contributed by atoms with E-state index in [-0.39, 0.29) is 11.5 Å². The first-order valence-corrected chi connectivity index (χ1v) is 11.0. The quantitative estimate of drug-likeness (QED) is 0.544. The van der Waals surface area contributed by atoms with E-state index >= 15 is 0 Å². The molecule has 8 heteroatoms. The Labute approximate surface area is 181 Å². The van der Waals surface area contributed by atoms with Crippen LogP contribution in [0.25, 0.3) is 10.8 Å². The van der Waals surface area contributed by atoms with Gasteiger partial charge in [0.05, 0.1) is 17.6 Å². The number of aryl methyl sites for hydroxylation is 2. The standard InChI is InChI=1S/C23H29N5O3/c1-3-4-7-10-28-22(29)20-9-6-5-8-19(20)21(24-28)23(30)27-13-11-26(12-14-27)16-18-15-17(2)25-31-18/h5-6,8-9,15H,3-4,7,10-14,16H2,1-2H3. The van der Waals surface area contributed by atoms with Crippen molar-refractivity contribution in [2.75, 3.05) is 26.2 Å². The summed E-state index contributed by atoms with van der Waals surface area (Å²) in [6, 6.07) is 9.21. The molecule has 2 aromatic heterocycles. The van der Waals surface area contributed by atoms with E-state index in [0.29, 0.717) is 42.6 Å². The van der Waals surface area contributed by atoms with Crippen molar-refractivity contribution in [3.8, 4) is 0 Å². The minimum Gasteiger partial charge on any atom is -0.360 e. The molecule has 8 nitrogen and oxygen atoms in total. The van der Waals surface area contributed by atoms with E-state index in [1.807, 2.05) is 36.1 Å². The van der Waals surface area contributed by atoms with Crippen LogP contribution >= 0.6 is 0 Å². The lowest BCUT2D eigenvalue weighted by molar-refractivity contribution is 0.0611. The molecule has 1 aliphatic rings. The number of piperazine rings is 1. The molecule has 0 bridgehead atoms. The van der Waals surface area contributed by atoms with Crippen molar-refractivity contribution in [3.05, 3.63) is 57.8 Å². The minimum atomic E-state index is -0.129. The van der Waals surface area contributed by atoms with Crippen LogP contribution < -0.4 is 5.56 Å². The Bertz CT molecular complexity index is 1110. The van der Waals surface area contributed by atoms with Gasteiger partial charge in [0, 0.05) is 44.2 Å². The highest BCUT2D eigenvalue weighted by molar-refractivity contribution is 6.04. The molecular weight excluding hydrogens is 394 g/mol. The molecule has 0 spiro atoms. The van der Waals surface area contributed by atoms with E-state index in [2.05, 4.69) is 22.1 Å². The molecule has 1 aromatic carbocycles. The number of rotatable bonds is 7. The van der Waals surface area contributed by atoms with Crippen LogP contribution in [0.3, 0.4) is 0 Å². The van der Waals surface area contributed by atoms with Gasteiger partial charge in [0.2, 0.25) is 0 Å². The lowest BCUT2D eigenvalue weighted by Gasteiger charge is -2.34. The average molecular weight is 424 g/mol. The first-order valence-electron chi connectivity index (χ1n) is 11.0. The fraction of sp³-hybridized carbons (Fsp3) is 0.478. The van der Waals surface area contributed by atoms with Gasteiger partial charge in [-0.05, 0) is 19.4 Å². The topological polar surface area (TPSA) is 84.5 Å². The molecule has 4 rings (SSSR count). The van der Waals surface area contributed by atoms with Crippen molar-refractivity contribution >= 4 is 16.7 Å². The Morgan fingerprint density at radius 3 is 2.52 bits per heavy atom. The lowest BCUT2D eigenvalue weighted by Crippen LogP contribution is -2.48. The van der Waals surface area contributed by atoms with Crippen LogP contribution in [0.5, 0.6) is 0 Å². The molecule has 1 saturated heterocycles. The average Bonchev–Trinajstić information content (AvgIpc) is 3.20. The van der Waals surface area contributed by atoms with E-state index in [4.69, 9.17) is 4.52 Å². The Morgan fingerprint density at radius 1 is 1.10 bits per heavy atom. The highest BCUT2D eigenvalue weighted by Gasteiger charge is 2.26. The number of hydrogen-bond acceptors (Lipinski definition) is 6. The maximum Gasteiger partial charge on any atom is 0.275 e. The molecule has 0 radical (unpaired) electrons. The van der Waals surface area contributed by atoms with Crippen LogP contribution in [-0.4, -0.2) is 56.8 Å². The van der Waals surface area contributed by atoms with E-state index < -0.39 is 0 Å². The third-order valence-corrected chi connectivity index (χ3v) is 5.76. The van der Waals surface area contributed by atoms with E-state index in [1.165, 1.54) is 4.68 Å². The predicted octanol–water partition coefficient (Wildman–Crippen LogP) is 2.84. The summed E-state index contributed by atoms with van der Waals surface area (Å²) in [4.78, 5) is 30.3. The van der Waals surface area contributed by atoms with Gasteiger partial charge >= 0.3 is 0 Å². The molecule has 3 heterocycles. The molecule has 31 heavy (non-hydrogen) atoms. The fourth-order valence-corrected chi connectivity index (χ4v) is 4.03. The number of amides is 1. The van der Waals surface area contributed by atoms with Gasteiger partial charge in [-0.1, -0.05) is 43.1 Å². The van der Waals surface area contributed by atoms with Gasteiger partial charge in [0.25, 0.3) is 11.5 Å². The second-order valence-electron chi connectivity index (χ2n) is 8.13. The van der Waals surface area contributed by atoms with Crippen molar-refractivity contribution < 1.29 is 9.32 Å². The Morgan fingerprint density at radius 2 is 1.84 bits per heavy atom. The van der Waals surface area contributed by atoms with Gasteiger partial charge in [-0.2, -0.15) is 5.10 Å². The summed E-state index contributed by atoms with van der Waals surface area (Å²) in [6.07, 6.45) is 2.96. The van der Waals surface area contributed by atoms with Crippen LogP contribution in [-0.2, 0) is 13.1 Å². The number of nitrogens with zero attached hydrogens (tertiary/aromatic N) is 5. The molecular formula is C23H29N5O3. The van der Waals surface area contributed by atoms with Crippen molar-refractivity contribution in [1.29, 1.82) is 0 Å². The molecule has 0 atom stereocenters. The molecule has 0 saturated carbocycles. The van der Waals surface area contributed by atoms with Gasteiger partial charge in [-0.25, -0.2) is 4.68 Å². The SMILES string of the molecule is CCCCCn1nc(C(=O)N2CCN(Cc3cc(C)no3)CC2)c2ccccc2c1=O. The Balaban J connectivity index is 1.52. The molecule has 0 unspecified atom stereocenters. The zero-order valence-electron chi connectivity index (χ0n) is 18.2. The van der Waals surface area contributed by atoms with Crippen molar-refractivity contribution in [3.63, 3.8) is 0 Å². The Hall–Kier alpha value is -3.00. The van der Waals surface area contributed by atoms with Crippen molar-refractivity contribution in [2.24, 2.45) is 0 Å². The highest BCUT2D eigenvalue weighted by atomic mass is 16.5. The maximum atomic E-state index is 13.4. The summed E-state index contributed by atoms with van der Waals surface area (Å²) in [5, 5.41) is 9.63. The largest absolute Gasteiger partial charge is 0.360 e. The summed E-state index contributed by atoms with van der Waals surface area (Å²) in [7, 11) is 0.